The van der Waals surface area contributed by atoms with Crippen molar-refractivity contribution >= 4 is 5.91 Å². The first kappa shape index (κ1) is 24.5. The summed E-state index contributed by atoms with van der Waals surface area (Å²) in [6, 6.07) is 22.1. The first-order valence-electron chi connectivity index (χ1n) is 11.2. The number of carbonyl (C=O) groups excluding carboxylic acids is 1. The molecule has 0 saturated carbocycles. The van der Waals surface area contributed by atoms with E-state index in [1.807, 2.05) is 68.4 Å². The molecule has 3 atom stereocenters. The van der Waals surface area contributed by atoms with Gasteiger partial charge in [0.05, 0.1) is 18.8 Å². The SMILES string of the molecule is C[C@H](Cc1cccc(C(=O)N[C@H](C)c2ccccc2)c1)NC[C@@H](O)c1ccc(O)c(CO)c1. The van der Waals surface area contributed by atoms with Crippen molar-refractivity contribution in [1.82, 2.24) is 10.6 Å². The number of hydrogen-bond acceptors (Lipinski definition) is 5. The lowest BCUT2D eigenvalue weighted by Gasteiger charge is -2.19. The number of aliphatic hydroxyl groups excluding tert-OH is 2. The van der Waals surface area contributed by atoms with E-state index in [2.05, 4.69) is 10.6 Å². The summed E-state index contributed by atoms with van der Waals surface area (Å²) in [6.07, 6.45) is -0.0746. The minimum atomic E-state index is -0.769. The standard InChI is InChI=1S/C27H32N2O4/c1-18(28-16-26(32)22-11-12-25(31)24(15-22)17-30)13-20-7-6-10-23(14-20)27(33)29-19(2)21-8-4-3-5-9-21/h3-12,14-15,18-19,26,28,30-32H,13,16-17H2,1-2H3,(H,29,33)/t18-,19-,26-/m1/s1. The van der Waals surface area contributed by atoms with Gasteiger partial charge in [-0.15, -0.1) is 0 Å². The number of rotatable bonds is 10. The highest BCUT2D eigenvalue weighted by molar-refractivity contribution is 5.94. The Morgan fingerprint density at radius 1 is 0.939 bits per heavy atom. The molecule has 0 spiro atoms. The van der Waals surface area contributed by atoms with Crippen LogP contribution in [0.3, 0.4) is 0 Å². The maximum Gasteiger partial charge on any atom is 0.251 e. The van der Waals surface area contributed by atoms with Gasteiger partial charge in [-0.1, -0.05) is 48.5 Å². The van der Waals surface area contributed by atoms with E-state index < -0.39 is 6.10 Å². The Labute approximate surface area is 194 Å². The summed E-state index contributed by atoms with van der Waals surface area (Å²) in [7, 11) is 0. The molecule has 0 saturated heterocycles. The second-order valence-electron chi connectivity index (χ2n) is 8.38. The summed E-state index contributed by atoms with van der Waals surface area (Å²) in [5, 5.41) is 35.8. The van der Waals surface area contributed by atoms with Crippen LogP contribution in [0.5, 0.6) is 5.75 Å². The highest BCUT2D eigenvalue weighted by Gasteiger charge is 2.14. The molecule has 0 bridgehead atoms. The fourth-order valence-electron chi connectivity index (χ4n) is 3.74. The Morgan fingerprint density at radius 3 is 2.42 bits per heavy atom. The van der Waals surface area contributed by atoms with E-state index in [9.17, 15) is 20.1 Å². The highest BCUT2D eigenvalue weighted by Crippen LogP contribution is 2.22. The number of carbonyl (C=O) groups is 1. The predicted molar refractivity (Wildman–Crippen MR) is 129 cm³/mol. The van der Waals surface area contributed by atoms with Crippen molar-refractivity contribution in [2.45, 2.75) is 45.1 Å². The van der Waals surface area contributed by atoms with Gasteiger partial charge in [0.15, 0.2) is 0 Å². The quantitative estimate of drug-likeness (QED) is 0.326. The van der Waals surface area contributed by atoms with E-state index in [4.69, 9.17) is 0 Å². The van der Waals surface area contributed by atoms with Crippen molar-refractivity contribution < 1.29 is 20.1 Å². The van der Waals surface area contributed by atoms with Crippen LogP contribution in [0.2, 0.25) is 0 Å². The summed E-state index contributed by atoms with van der Waals surface area (Å²) < 4.78 is 0. The summed E-state index contributed by atoms with van der Waals surface area (Å²) >= 11 is 0. The van der Waals surface area contributed by atoms with E-state index >= 15 is 0 Å². The summed E-state index contributed by atoms with van der Waals surface area (Å²) in [5.74, 6) is -0.104. The van der Waals surface area contributed by atoms with Crippen LogP contribution in [0.1, 0.15) is 58.6 Å². The molecular weight excluding hydrogens is 416 g/mol. The molecule has 33 heavy (non-hydrogen) atoms. The predicted octanol–water partition coefficient (Wildman–Crippen LogP) is 3.63. The first-order valence-corrected chi connectivity index (χ1v) is 11.2. The second-order valence-corrected chi connectivity index (χ2v) is 8.38. The molecule has 0 fully saturated rings. The zero-order valence-corrected chi connectivity index (χ0v) is 19.0. The number of amides is 1. The Hall–Kier alpha value is -3.19. The van der Waals surface area contributed by atoms with E-state index in [0.29, 0.717) is 29.7 Å². The highest BCUT2D eigenvalue weighted by atomic mass is 16.3. The van der Waals surface area contributed by atoms with Crippen LogP contribution < -0.4 is 10.6 Å². The van der Waals surface area contributed by atoms with Crippen molar-refractivity contribution in [2.75, 3.05) is 6.54 Å². The van der Waals surface area contributed by atoms with E-state index in [1.54, 1.807) is 12.1 Å². The van der Waals surface area contributed by atoms with Crippen LogP contribution in [0, 0.1) is 0 Å². The molecule has 0 heterocycles. The minimum absolute atomic E-state index is 0.0110. The molecule has 0 radical (unpaired) electrons. The van der Waals surface area contributed by atoms with Crippen LogP contribution in [-0.4, -0.2) is 33.8 Å². The summed E-state index contributed by atoms with van der Waals surface area (Å²) in [4.78, 5) is 12.7. The van der Waals surface area contributed by atoms with Gasteiger partial charge in [0.2, 0.25) is 0 Å². The van der Waals surface area contributed by atoms with Gasteiger partial charge in [0.25, 0.3) is 5.91 Å². The third-order valence-electron chi connectivity index (χ3n) is 5.70. The average molecular weight is 449 g/mol. The lowest BCUT2D eigenvalue weighted by atomic mass is 10.0. The average Bonchev–Trinajstić information content (AvgIpc) is 2.83. The van der Waals surface area contributed by atoms with E-state index in [-0.39, 0.29) is 30.3 Å². The third-order valence-corrected chi connectivity index (χ3v) is 5.70. The molecule has 0 aliphatic carbocycles. The van der Waals surface area contributed by atoms with Gasteiger partial charge in [0, 0.05) is 23.7 Å². The zero-order valence-electron chi connectivity index (χ0n) is 19.0. The van der Waals surface area contributed by atoms with Gasteiger partial charge in [0.1, 0.15) is 5.75 Å². The Morgan fingerprint density at radius 2 is 1.70 bits per heavy atom. The topological polar surface area (TPSA) is 102 Å². The Kier molecular flexibility index (Phi) is 8.60. The number of aromatic hydroxyl groups is 1. The van der Waals surface area contributed by atoms with Crippen LogP contribution >= 0.6 is 0 Å². The fourth-order valence-corrected chi connectivity index (χ4v) is 3.74. The number of nitrogens with one attached hydrogen (secondary N) is 2. The largest absolute Gasteiger partial charge is 0.508 e. The molecule has 0 aliphatic rings. The van der Waals surface area contributed by atoms with Crippen molar-refractivity contribution in [1.29, 1.82) is 0 Å². The van der Waals surface area contributed by atoms with Gasteiger partial charge in [-0.05, 0) is 61.2 Å². The minimum Gasteiger partial charge on any atom is -0.508 e. The van der Waals surface area contributed by atoms with Gasteiger partial charge >= 0.3 is 0 Å². The van der Waals surface area contributed by atoms with Gasteiger partial charge in [-0.3, -0.25) is 4.79 Å². The molecule has 3 rings (SSSR count). The normalized spacial score (nSPS) is 13.8. The van der Waals surface area contributed by atoms with Crippen LogP contribution in [-0.2, 0) is 13.0 Å². The second kappa shape index (κ2) is 11.6. The molecular formula is C27H32N2O4. The third kappa shape index (κ3) is 6.89. The number of benzene rings is 3. The molecule has 0 unspecified atom stereocenters. The van der Waals surface area contributed by atoms with Gasteiger partial charge in [-0.25, -0.2) is 0 Å². The van der Waals surface area contributed by atoms with Crippen LogP contribution in [0.15, 0.2) is 72.8 Å². The maximum atomic E-state index is 12.7. The van der Waals surface area contributed by atoms with Crippen molar-refractivity contribution in [3.05, 3.63) is 101 Å². The molecule has 174 valence electrons. The lowest BCUT2D eigenvalue weighted by molar-refractivity contribution is 0.0939. The summed E-state index contributed by atoms with van der Waals surface area (Å²) in [5.41, 5.74) is 3.71. The fraction of sp³-hybridized carbons (Fsp3) is 0.296. The first-order chi connectivity index (χ1) is 15.9. The maximum absolute atomic E-state index is 12.7. The van der Waals surface area contributed by atoms with E-state index in [1.165, 1.54) is 6.07 Å². The number of aliphatic hydroxyl groups is 2. The molecule has 3 aromatic carbocycles. The zero-order chi connectivity index (χ0) is 23.8. The van der Waals surface area contributed by atoms with Crippen LogP contribution in [0.25, 0.3) is 0 Å². The summed E-state index contributed by atoms with van der Waals surface area (Å²) in [6.45, 7) is 4.02. The van der Waals surface area contributed by atoms with E-state index in [0.717, 1.165) is 11.1 Å². The number of hydrogen-bond donors (Lipinski definition) is 5. The molecule has 6 nitrogen and oxygen atoms in total. The van der Waals surface area contributed by atoms with Gasteiger partial charge in [-0.2, -0.15) is 0 Å². The molecule has 3 aromatic rings. The van der Waals surface area contributed by atoms with Crippen molar-refractivity contribution in [2.24, 2.45) is 0 Å². The smallest absolute Gasteiger partial charge is 0.251 e. The van der Waals surface area contributed by atoms with Gasteiger partial charge < -0.3 is 26.0 Å². The molecule has 6 heteroatoms. The monoisotopic (exact) mass is 448 g/mol. The molecule has 1 amide bonds. The number of phenols is 1. The molecule has 0 aliphatic heterocycles. The molecule has 0 aromatic heterocycles. The van der Waals surface area contributed by atoms with Crippen molar-refractivity contribution in [3.8, 4) is 5.75 Å². The lowest BCUT2D eigenvalue weighted by Crippen LogP contribution is -2.32. The Balaban J connectivity index is 1.54. The Bertz CT molecular complexity index is 1050. The molecule has 5 N–H and O–H groups in total. The van der Waals surface area contributed by atoms with Crippen molar-refractivity contribution in [3.63, 3.8) is 0 Å². The van der Waals surface area contributed by atoms with Crippen LogP contribution in [0.4, 0.5) is 0 Å².